The van der Waals surface area contributed by atoms with E-state index in [0.717, 1.165) is 6.07 Å². The maximum Gasteiger partial charge on any atom is 0.417 e. The van der Waals surface area contributed by atoms with Crippen LogP contribution in [0.2, 0.25) is 0 Å². The highest BCUT2D eigenvalue weighted by molar-refractivity contribution is 9.10. The Balaban J connectivity index is 2.90. The third-order valence-corrected chi connectivity index (χ3v) is 3.70. The fourth-order valence-corrected chi connectivity index (χ4v) is 2.74. The van der Waals surface area contributed by atoms with E-state index in [9.17, 15) is 13.2 Å². The molecule has 0 saturated heterocycles. The lowest BCUT2D eigenvalue weighted by Crippen LogP contribution is -2.07. The van der Waals surface area contributed by atoms with Crippen molar-refractivity contribution in [3.8, 4) is 0 Å². The molecule has 0 atom stereocenters. The van der Waals surface area contributed by atoms with Crippen LogP contribution in [-0.4, -0.2) is 11.6 Å². The minimum Gasteiger partial charge on any atom is -0.166 e. The smallest absolute Gasteiger partial charge is 0.166 e. The molecule has 0 nitrogen and oxygen atoms in total. The predicted molar refractivity (Wildman–Crippen MR) is 65.2 cm³/mol. The van der Waals surface area contributed by atoms with Crippen LogP contribution in [0.1, 0.15) is 12.0 Å². The molecule has 0 amide bonds. The summed E-state index contributed by atoms with van der Waals surface area (Å²) in [5, 5.41) is 0. The monoisotopic (exact) mass is 332 g/mol. The van der Waals surface area contributed by atoms with E-state index in [1.165, 1.54) is 17.8 Å². The summed E-state index contributed by atoms with van der Waals surface area (Å²) in [5.74, 6) is 1.05. The van der Waals surface area contributed by atoms with Gasteiger partial charge in [-0.05, 0) is 30.4 Å². The van der Waals surface area contributed by atoms with E-state index in [0.29, 0.717) is 22.5 Å². The Morgan fingerprint density at radius 3 is 2.56 bits per heavy atom. The minimum atomic E-state index is -4.31. The van der Waals surface area contributed by atoms with Gasteiger partial charge in [0.2, 0.25) is 0 Å². The van der Waals surface area contributed by atoms with Crippen LogP contribution in [0.3, 0.4) is 0 Å². The molecule has 16 heavy (non-hydrogen) atoms. The first-order valence-electron chi connectivity index (χ1n) is 4.50. The van der Waals surface area contributed by atoms with Crippen molar-refractivity contribution in [2.75, 3.05) is 11.6 Å². The lowest BCUT2D eigenvalue weighted by molar-refractivity contribution is -0.139. The molecule has 0 saturated carbocycles. The highest BCUT2D eigenvalue weighted by Crippen LogP contribution is 2.38. The molecule has 0 aliphatic carbocycles. The van der Waals surface area contributed by atoms with Gasteiger partial charge in [-0.2, -0.15) is 13.2 Å². The average molecular weight is 334 g/mol. The van der Waals surface area contributed by atoms with Gasteiger partial charge in [0, 0.05) is 15.2 Å². The summed E-state index contributed by atoms with van der Waals surface area (Å²) in [5.41, 5.74) is -0.596. The van der Waals surface area contributed by atoms with Crippen molar-refractivity contribution in [3.63, 3.8) is 0 Å². The summed E-state index contributed by atoms with van der Waals surface area (Å²) in [6, 6.07) is 4.19. The second-order valence-electron chi connectivity index (χ2n) is 3.03. The molecule has 0 aliphatic heterocycles. The molecule has 1 aromatic rings. The second-order valence-corrected chi connectivity index (χ2v) is 5.46. The SMILES string of the molecule is FC(F)(F)c1cc(Br)ccc1SCCCCl. The first kappa shape index (κ1) is 14.2. The van der Waals surface area contributed by atoms with Crippen LogP contribution in [0, 0.1) is 0 Å². The van der Waals surface area contributed by atoms with Crippen LogP contribution >= 0.6 is 39.3 Å². The van der Waals surface area contributed by atoms with Gasteiger partial charge in [-0.3, -0.25) is 0 Å². The van der Waals surface area contributed by atoms with Gasteiger partial charge < -0.3 is 0 Å². The van der Waals surface area contributed by atoms with Crippen molar-refractivity contribution in [2.45, 2.75) is 17.5 Å². The minimum absolute atomic E-state index is 0.251. The number of alkyl halides is 4. The standard InChI is InChI=1S/C10H9BrClF3S/c11-7-2-3-9(16-5-1-4-12)8(6-7)10(13,14)15/h2-3,6H,1,4-5H2. The summed E-state index contributed by atoms with van der Waals surface area (Å²) in [6.45, 7) is 0. The molecule has 0 radical (unpaired) electrons. The summed E-state index contributed by atoms with van der Waals surface area (Å²) in [4.78, 5) is 0.251. The highest BCUT2D eigenvalue weighted by atomic mass is 79.9. The van der Waals surface area contributed by atoms with Gasteiger partial charge >= 0.3 is 6.18 Å². The van der Waals surface area contributed by atoms with Crippen LogP contribution in [-0.2, 0) is 6.18 Å². The van der Waals surface area contributed by atoms with Crippen LogP contribution in [0.25, 0.3) is 0 Å². The lowest BCUT2D eigenvalue weighted by Gasteiger charge is -2.12. The zero-order chi connectivity index (χ0) is 12.2. The fourth-order valence-electron chi connectivity index (χ4n) is 1.09. The molecule has 0 N–H and O–H groups in total. The molecular weight excluding hydrogens is 325 g/mol. The molecule has 0 aromatic heterocycles. The van der Waals surface area contributed by atoms with Crippen LogP contribution < -0.4 is 0 Å². The molecule has 0 fully saturated rings. The maximum absolute atomic E-state index is 12.7. The van der Waals surface area contributed by atoms with Gasteiger partial charge in [-0.1, -0.05) is 15.9 Å². The Labute approximate surface area is 110 Å². The Kier molecular flexibility index (Phi) is 5.47. The van der Waals surface area contributed by atoms with E-state index in [1.54, 1.807) is 6.07 Å². The molecule has 1 aromatic carbocycles. The fraction of sp³-hybridized carbons (Fsp3) is 0.400. The molecule has 6 heteroatoms. The van der Waals surface area contributed by atoms with E-state index < -0.39 is 11.7 Å². The van der Waals surface area contributed by atoms with E-state index in [-0.39, 0.29) is 4.90 Å². The highest BCUT2D eigenvalue weighted by Gasteiger charge is 2.33. The van der Waals surface area contributed by atoms with Crippen molar-refractivity contribution < 1.29 is 13.2 Å². The number of hydrogen-bond donors (Lipinski definition) is 0. The second kappa shape index (κ2) is 6.17. The maximum atomic E-state index is 12.7. The number of benzene rings is 1. The van der Waals surface area contributed by atoms with E-state index in [2.05, 4.69) is 15.9 Å². The zero-order valence-electron chi connectivity index (χ0n) is 8.15. The van der Waals surface area contributed by atoms with E-state index in [1.807, 2.05) is 0 Å². The third-order valence-electron chi connectivity index (χ3n) is 1.78. The van der Waals surface area contributed by atoms with E-state index >= 15 is 0 Å². The third kappa shape index (κ3) is 4.18. The summed E-state index contributed by atoms with van der Waals surface area (Å²) in [6.07, 6.45) is -3.62. The summed E-state index contributed by atoms with van der Waals surface area (Å²) < 4.78 is 38.5. The van der Waals surface area contributed by atoms with Gasteiger partial charge in [0.25, 0.3) is 0 Å². The number of thioether (sulfide) groups is 1. The topological polar surface area (TPSA) is 0 Å². The number of halogens is 5. The van der Waals surface area contributed by atoms with Crippen LogP contribution in [0.15, 0.2) is 27.6 Å². The van der Waals surface area contributed by atoms with Crippen molar-refractivity contribution in [3.05, 3.63) is 28.2 Å². The Morgan fingerprint density at radius 1 is 1.31 bits per heavy atom. The molecule has 0 unspecified atom stereocenters. The Hall–Kier alpha value is 0.130. The average Bonchev–Trinajstić information content (AvgIpc) is 2.19. The van der Waals surface area contributed by atoms with E-state index in [4.69, 9.17) is 11.6 Å². The van der Waals surface area contributed by atoms with Gasteiger partial charge in [-0.15, -0.1) is 23.4 Å². The largest absolute Gasteiger partial charge is 0.417 e. The normalized spacial score (nSPS) is 11.8. The van der Waals surface area contributed by atoms with Crippen LogP contribution in [0.4, 0.5) is 13.2 Å². The Morgan fingerprint density at radius 2 is 2.00 bits per heavy atom. The number of hydrogen-bond acceptors (Lipinski definition) is 1. The molecule has 0 bridgehead atoms. The lowest BCUT2D eigenvalue weighted by atomic mass is 10.2. The zero-order valence-corrected chi connectivity index (χ0v) is 11.3. The number of rotatable bonds is 4. The summed E-state index contributed by atoms with van der Waals surface area (Å²) >= 11 is 9.70. The van der Waals surface area contributed by atoms with Crippen molar-refractivity contribution in [1.29, 1.82) is 0 Å². The van der Waals surface area contributed by atoms with Crippen molar-refractivity contribution >= 4 is 39.3 Å². The molecule has 0 aliphatic rings. The summed E-state index contributed by atoms with van der Waals surface area (Å²) in [7, 11) is 0. The van der Waals surface area contributed by atoms with Crippen molar-refractivity contribution in [2.24, 2.45) is 0 Å². The first-order chi connectivity index (χ1) is 7.45. The quantitative estimate of drug-likeness (QED) is 0.415. The predicted octanol–water partition coefficient (Wildman–Crippen LogP) is 5.19. The van der Waals surface area contributed by atoms with Crippen LogP contribution in [0.5, 0.6) is 0 Å². The molecule has 0 heterocycles. The Bertz CT molecular complexity index is 354. The molecule has 90 valence electrons. The molecule has 0 spiro atoms. The first-order valence-corrected chi connectivity index (χ1v) is 6.82. The van der Waals surface area contributed by atoms with Gasteiger partial charge in [0.1, 0.15) is 0 Å². The van der Waals surface area contributed by atoms with Gasteiger partial charge in [0.15, 0.2) is 0 Å². The van der Waals surface area contributed by atoms with Gasteiger partial charge in [0.05, 0.1) is 5.56 Å². The molecular formula is C10H9BrClF3S. The van der Waals surface area contributed by atoms with Gasteiger partial charge in [-0.25, -0.2) is 0 Å². The van der Waals surface area contributed by atoms with Crippen molar-refractivity contribution in [1.82, 2.24) is 0 Å². The molecule has 1 rings (SSSR count).